The zero-order valence-corrected chi connectivity index (χ0v) is 16.9. The molecule has 1 saturated heterocycles. The van der Waals surface area contributed by atoms with E-state index in [9.17, 15) is 4.79 Å². The zero-order chi connectivity index (χ0) is 18.9. The van der Waals surface area contributed by atoms with E-state index in [2.05, 4.69) is 27.4 Å². The average Bonchev–Trinajstić information content (AvgIpc) is 2.97. The number of nitrogens with zero attached hydrogens (tertiary/aromatic N) is 3. The molecule has 0 bridgehead atoms. The van der Waals surface area contributed by atoms with Crippen molar-refractivity contribution in [3.63, 3.8) is 0 Å². The monoisotopic (exact) mass is 387 g/mol. The molecule has 0 saturated carbocycles. The van der Waals surface area contributed by atoms with Crippen molar-refractivity contribution in [2.45, 2.75) is 32.6 Å². The molecule has 0 spiro atoms. The second-order valence-electron chi connectivity index (χ2n) is 6.94. The van der Waals surface area contributed by atoms with Gasteiger partial charge in [-0.05, 0) is 31.7 Å². The van der Waals surface area contributed by atoms with Gasteiger partial charge in [-0.15, -0.1) is 11.3 Å². The number of hydrogen-bond donors (Lipinski definition) is 0. The molecule has 0 unspecified atom stereocenters. The lowest BCUT2D eigenvalue weighted by atomic mass is 10.2. The first-order chi connectivity index (χ1) is 13.2. The summed E-state index contributed by atoms with van der Waals surface area (Å²) >= 11 is 1.69. The topological polar surface area (TPSA) is 45.7 Å². The van der Waals surface area contributed by atoms with Crippen molar-refractivity contribution in [2.24, 2.45) is 0 Å². The van der Waals surface area contributed by atoms with Crippen molar-refractivity contribution in [2.75, 3.05) is 44.3 Å². The van der Waals surface area contributed by atoms with Crippen LogP contribution in [-0.2, 0) is 16.0 Å². The Morgan fingerprint density at radius 2 is 2.00 bits per heavy atom. The molecule has 0 atom stereocenters. The van der Waals surface area contributed by atoms with Crippen molar-refractivity contribution in [1.82, 2.24) is 9.88 Å². The van der Waals surface area contributed by atoms with Crippen molar-refractivity contribution >= 4 is 22.4 Å². The van der Waals surface area contributed by atoms with Crippen LogP contribution in [0.4, 0.5) is 5.13 Å². The number of anilines is 1. The Hall–Kier alpha value is -1.92. The van der Waals surface area contributed by atoms with Crippen LogP contribution in [-0.4, -0.2) is 55.2 Å². The lowest BCUT2D eigenvalue weighted by Crippen LogP contribution is -2.35. The van der Waals surface area contributed by atoms with Gasteiger partial charge in [0, 0.05) is 44.6 Å². The summed E-state index contributed by atoms with van der Waals surface area (Å²) < 4.78 is 5.69. The molecule has 27 heavy (non-hydrogen) atoms. The molecule has 1 aliphatic heterocycles. The molecular formula is C21H29N3O2S. The van der Waals surface area contributed by atoms with Gasteiger partial charge in [0.05, 0.1) is 12.3 Å². The molecule has 1 amide bonds. The maximum Gasteiger partial charge on any atom is 0.222 e. The lowest BCUT2D eigenvalue weighted by Gasteiger charge is -2.21. The second kappa shape index (κ2) is 10.4. The van der Waals surface area contributed by atoms with Crippen LogP contribution in [0.2, 0.25) is 0 Å². The van der Waals surface area contributed by atoms with Crippen LogP contribution >= 0.6 is 11.3 Å². The van der Waals surface area contributed by atoms with E-state index in [1.54, 1.807) is 11.3 Å². The van der Waals surface area contributed by atoms with Crippen molar-refractivity contribution in [1.29, 1.82) is 0 Å². The molecule has 1 aromatic heterocycles. The van der Waals surface area contributed by atoms with Crippen molar-refractivity contribution < 1.29 is 9.53 Å². The van der Waals surface area contributed by atoms with Gasteiger partial charge in [0.1, 0.15) is 0 Å². The van der Waals surface area contributed by atoms with Gasteiger partial charge < -0.3 is 14.5 Å². The largest absolute Gasteiger partial charge is 0.381 e. The molecule has 0 aliphatic carbocycles. The fraction of sp³-hybridized carbons (Fsp3) is 0.524. The highest BCUT2D eigenvalue weighted by Gasteiger charge is 2.20. The van der Waals surface area contributed by atoms with Crippen LogP contribution in [0.5, 0.6) is 0 Å². The first kappa shape index (κ1) is 19.8. The van der Waals surface area contributed by atoms with E-state index in [1.165, 1.54) is 5.56 Å². The molecule has 1 fully saturated rings. The normalized spacial score (nSPS) is 15.0. The molecule has 146 valence electrons. The Morgan fingerprint density at radius 3 is 2.78 bits per heavy atom. The lowest BCUT2D eigenvalue weighted by molar-refractivity contribution is -0.131. The van der Waals surface area contributed by atoms with Gasteiger partial charge >= 0.3 is 0 Å². The van der Waals surface area contributed by atoms with E-state index in [1.807, 2.05) is 30.0 Å². The minimum atomic E-state index is 0.249. The standard InChI is InChI=1S/C21H29N3O2S/c1-18-17-27-21(22-18)24-12-6-11-23(13-14-24)20(25)9-5-15-26-16-10-19-7-3-2-4-8-19/h2-4,7-8,17H,5-6,9-16H2,1H3. The highest BCUT2D eigenvalue weighted by atomic mass is 32.1. The molecule has 0 N–H and O–H groups in total. The van der Waals surface area contributed by atoms with Gasteiger partial charge in [-0.1, -0.05) is 30.3 Å². The van der Waals surface area contributed by atoms with E-state index >= 15 is 0 Å². The number of aromatic nitrogens is 1. The van der Waals surface area contributed by atoms with Crippen LogP contribution in [0.15, 0.2) is 35.7 Å². The van der Waals surface area contributed by atoms with Gasteiger partial charge in [0.15, 0.2) is 5.13 Å². The van der Waals surface area contributed by atoms with E-state index in [0.29, 0.717) is 19.6 Å². The SMILES string of the molecule is Cc1csc(N2CCCN(C(=O)CCCOCCc3ccccc3)CC2)n1. The van der Waals surface area contributed by atoms with Gasteiger partial charge in [0.25, 0.3) is 0 Å². The molecule has 2 aromatic rings. The highest BCUT2D eigenvalue weighted by Crippen LogP contribution is 2.21. The summed E-state index contributed by atoms with van der Waals surface area (Å²) in [5.74, 6) is 0.249. The van der Waals surface area contributed by atoms with Crippen LogP contribution < -0.4 is 4.90 Å². The van der Waals surface area contributed by atoms with E-state index < -0.39 is 0 Å². The molecule has 1 aliphatic rings. The first-order valence-electron chi connectivity index (χ1n) is 9.79. The van der Waals surface area contributed by atoms with Gasteiger partial charge in [-0.25, -0.2) is 4.98 Å². The zero-order valence-electron chi connectivity index (χ0n) is 16.1. The minimum Gasteiger partial charge on any atom is -0.381 e. The molecule has 0 radical (unpaired) electrons. The fourth-order valence-electron chi connectivity index (χ4n) is 3.27. The number of carbonyl (C=O) groups excluding carboxylic acids is 1. The summed E-state index contributed by atoms with van der Waals surface area (Å²) in [6, 6.07) is 10.3. The van der Waals surface area contributed by atoms with Gasteiger partial charge in [-0.2, -0.15) is 0 Å². The van der Waals surface area contributed by atoms with Crippen LogP contribution in [0.1, 0.15) is 30.5 Å². The van der Waals surface area contributed by atoms with Crippen molar-refractivity contribution in [3.8, 4) is 0 Å². The summed E-state index contributed by atoms with van der Waals surface area (Å²) in [5, 5.41) is 3.16. The predicted octanol–water partition coefficient (Wildman–Crippen LogP) is 3.53. The summed E-state index contributed by atoms with van der Waals surface area (Å²) in [5.41, 5.74) is 2.36. The quantitative estimate of drug-likeness (QED) is 0.650. The number of ether oxygens (including phenoxy) is 1. The number of amides is 1. The number of rotatable bonds is 8. The number of thiazole rings is 1. The number of hydrogen-bond acceptors (Lipinski definition) is 5. The Bertz CT molecular complexity index is 704. The molecule has 2 heterocycles. The summed E-state index contributed by atoms with van der Waals surface area (Å²) in [4.78, 5) is 21.4. The number of benzene rings is 1. The minimum absolute atomic E-state index is 0.249. The summed E-state index contributed by atoms with van der Waals surface area (Å²) in [6.45, 7) is 6.85. The number of carbonyl (C=O) groups is 1. The third kappa shape index (κ3) is 6.33. The average molecular weight is 388 g/mol. The Morgan fingerprint density at radius 1 is 1.15 bits per heavy atom. The molecular weight excluding hydrogens is 358 g/mol. The van der Waals surface area contributed by atoms with Crippen LogP contribution in [0.3, 0.4) is 0 Å². The van der Waals surface area contributed by atoms with E-state index in [0.717, 1.165) is 56.3 Å². The van der Waals surface area contributed by atoms with Crippen molar-refractivity contribution in [3.05, 3.63) is 47.0 Å². The van der Waals surface area contributed by atoms with E-state index in [-0.39, 0.29) is 5.91 Å². The Kier molecular flexibility index (Phi) is 7.66. The summed E-state index contributed by atoms with van der Waals surface area (Å²) in [7, 11) is 0. The smallest absolute Gasteiger partial charge is 0.222 e. The third-order valence-electron chi connectivity index (χ3n) is 4.78. The summed E-state index contributed by atoms with van der Waals surface area (Å²) in [6.07, 6.45) is 3.28. The third-order valence-corrected chi connectivity index (χ3v) is 5.80. The maximum absolute atomic E-state index is 12.5. The maximum atomic E-state index is 12.5. The van der Waals surface area contributed by atoms with Crippen LogP contribution in [0.25, 0.3) is 0 Å². The van der Waals surface area contributed by atoms with Gasteiger partial charge in [0.2, 0.25) is 5.91 Å². The number of aryl methyl sites for hydroxylation is 1. The second-order valence-corrected chi connectivity index (χ2v) is 7.78. The first-order valence-corrected chi connectivity index (χ1v) is 10.7. The molecule has 5 nitrogen and oxygen atoms in total. The van der Waals surface area contributed by atoms with Crippen LogP contribution in [0, 0.1) is 6.92 Å². The van der Waals surface area contributed by atoms with Gasteiger partial charge in [-0.3, -0.25) is 4.79 Å². The molecule has 3 rings (SSSR count). The Balaban J connectivity index is 1.31. The highest BCUT2D eigenvalue weighted by molar-refractivity contribution is 7.13. The van der Waals surface area contributed by atoms with E-state index in [4.69, 9.17) is 4.74 Å². The Labute approximate surface area is 166 Å². The fourth-order valence-corrected chi connectivity index (χ4v) is 4.12. The predicted molar refractivity (Wildman–Crippen MR) is 110 cm³/mol. The molecule has 1 aromatic carbocycles. The molecule has 6 heteroatoms.